The first-order chi connectivity index (χ1) is 10.5. The molecule has 0 saturated heterocycles. The van der Waals surface area contributed by atoms with Gasteiger partial charge in [-0.05, 0) is 25.1 Å². The fraction of sp³-hybridized carbons (Fsp3) is 0.467. The summed E-state index contributed by atoms with van der Waals surface area (Å²) in [6, 6.07) is 1.60. The molecule has 0 radical (unpaired) electrons. The van der Waals surface area contributed by atoms with E-state index in [1.807, 2.05) is 0 Å². The van der Waals surface area contributed by atoms with E-state index in [1.165, 1.54) is 7.11 Å². The van der Waals surface area contributed by atoms with Gasteiger partial charge in [0.25, 0.3) is 0 Å². The molecular weight excluding hydrogens is 296 g/mol. The lowest BCUT2D eigenvalue weighted by Gasteiger charge is -2.17. The Hall–Kier alpha value is -1.86. The number of Topliss-reactive ketones (excluding diaryl/α,β-unsaturated/α-hetero) is 1. The van der Waals surface area contributed by atoms with Crippen molar-refractivity contribution in [3.8, 4) is 0 Å². The van der Waals surface area contributed by atoms with Gasteiger partial charge < -0.3 is 14.8 Å². The zero-order valence-corrected chi connectivity index (χ0v) is 12.5. The third-order valence-corrected chi connectivity index (χ3v) is 2.88. The Morgan fingerprint density at radius 2 is 2.05 bits per heavy atom. The molecule has 0 fully saturated rings. The summed E-state index contributed by atoms with van der Waals surface area (Å²) in [5.41, 5.74) is -0.404. The number of hydrogen-bond acceptors (Lipinski definition) is 5. The molecule has 1 aromatic carbocycles. The van der Waals surface area contributed by atoms with E-state index in [4.69, 9.17) is 9.47 Å². The highest BCUT2D eigenvalue weighted by molar-refractivity contribution is 6.02. The summed E-state index contributed by atoms with van der Waals surface area (Å²) in [5, 5.41) is 2.79. The molecule has 1 N–H and O–H groups in total. The van der Waals surface area contributed by atoms with Gasteiger partial charge in [-0.3, -0.25) is 9.59 Å². The van der Waals surface area contributed by atoms with Crippen LogP contribution in [0.5, 0.6) is 0 Å². The van der Waals surface area contributed by atoms with Crippen LogP contribution in [0.15, 0.2) is 18.2 Å². The number of carbonyl (C=O) groups is 2. The largest absolute Gasteiger partial charge is 0.466 e. The van der Waals surface area contributed by atoms with Crippen molar-refractivity contribution in [2.45, 2.75) is 19.4 Å². The van der Waals surface area contributed by atoms with E-state index in [9.17, 15) is 18.4 Å². The minimum absolute atomic E-state index is 0.173. The fourth-order valence-electron chi connectivity index (χ4n) is 1.85. The Balaban J connectivity index is 2.90. The first-order valence-corrected chi connectivity index (χ1v) is 6.86. The molecule has 0 aliphatic rings. The van der Waals surface area contributed by atoms with E-state index >= 15 is 0 Å². The predicted octanol–water partition coefficient (Wildman–Crippen LogP) is 1.71. The third kappa shape index (κ3) is 5.50. The lowest BCUT2D eigenvalue weighted by Crippen LogP contribution is -2.41. The highest BCUT2D eigenvalue weighted by Crippen LogP contribution is 2.14. The molecule has 0 aliphatic heterocycles. The van der Waals surface area contributed by atoms with Crippen molar-refractivity contribution in [1.82, 2.24) is 5.32 Å². The maximum absolute atomic E-state index is 13.7. The van der Waals surface area contributed by atoms with Crippen LogP contribution >= 0.6 is 0 Å². The molecule has 122 valence electrons. The smallest absolute Gasteiger partial charge is 0.307 e. The predicted molar refractivity (Wildman–Crippen MR) is 75.6 cm³/mol. The first kappa shape index (κ1) is 18.2. The second kappa shape index (κ2) is 9.22. The normalized spacial score (nSPS) is 12.0. The Kier molecular flexibility index (Phi) is 7.62. The summed E-state index contributed by atoms with van der Waals surface area (Å²) in [5.74, 6) is -2.87. The summed E-state index contributed by atoms with van der Waals surface area (Å²) < 4.78 is 36.5. The highest BCUT2D eigenvalue weighted by Gasteiger charge is 2.25. The summed E-state index contributed by atoms with van der Waals surface area (Å²) >= 11 is 0. The molecule has 7 heteroatoms. The molecule has 0 aromatic heterocycles. The fourth-order valence-corrected chi connectivity index (χ4v) is 1.85. The summed E-state index contributed by atoms with van der Waals surface area (Å²) in [6.45, 7) is 2.40. The molecule has 1 rings (SSSR count). The SMILES string of the molecule is CCOC(=O)CC(NCCOC)C(=O)c1cc(F)ccc1F. The lowest BCUT2D eigenvalue weighted by molar-refractivity contribution is -0.143. The van der Waals surface area contributed by atoms with Crippen LogP contribution in [-0.4, -0.2) is 44.7 Å². The highest BCUT2D eigenvalue weighted by atomic mass is 19.1. The van der Waals surface area contributed by atoms with Gasteiger partial charge in [-0.1, -0.05) is 0 Å². The topological polar surface area (TPSA) is 64.6 Å². The number of methoxy groups -OCH3 is 1. The van der Waals surface area contributed by atoms with Crippen molar-refractivity contribution in [2.24, 2.45) is 0 Å². The van der Waals surface area contributed by atoms with Gasteiger partial charge in [0.2, 0.25) is 0 Å². The van der Waals surface area contributed by atoms with Crippen LogP contribution in [0.25, 0.3) is 0 Å². The van der Waals surface area contributed by atoms with Crippen molar-refractivity contribution in [3.05, 3.63) is 35.4 Å². The van der Waals surface area contributed by atoms with E-state index in [0.717, 1.165) is 18.2 Å². The minimum Gasteiger partial charge on any atom is -0.466 e. The molecule has 1 unspecified atom stereocenters. The molecule has 22 heavy (non-hydrogen) atoms. The van der Waals surface area contributed by atoms with Crippen molar-refractivity contribution < 1.29 is 27.8 Å². The zero-order valence-electron chi connectivity index (χ0n) is 12.5. The molecule has 0 amide bonds. The van der Waals surface area contributed by atoms with E-state index in [2.05, 4.69) is 5.32 Å². The molecular formula is C15H19F2NO4. The Labute approximate surface area is 127 Å². The molecule has 1 atom stereocenters. The van der Waals surface area contributed by atoms with E-state index in [-0.39, 0.29) is 19.6 Å². The standard InChI is InChI=1S/C15H19F2NO4/c1-3-22-14(19)9-13(18-6-7-21-2)15(20)11-8-10(16)4-5-12(11)17/h4-5,8,13,18H,3,6-7,9H2,1-2H3. The summed E-state index contributed by atoms with van der Waals surface area (Å²) in [4.78, 5) is 23.9. The van der Waals surface area contributed by atoms with Gasteiger partial charge in [0.15, 0.2) is 5.78 Å². The van der Waals surface area contributed by atoms with Gasteiger partial charge >= 0.3 is 5.97 Å². The van der Waals surface area contributed by atoms with Crippen LogP contribution < -0.4 is 5.32 Å². The van der Waals surface area contributed by atoms with Gasteiger partial charge in [0.05, 0.1) is 31.2 Å². The van der Waals surface area contributed by atoms with E-state index in [1.54, 1.807) is 6.92 Å². The maximum atomic E-state index is 13.7. The second-order valence-electron chi connectivity index (χ2n) is 4.50. The van der Waals surface area contributed by atoms with Gasteiger partial charge in [0.1, 0.15) is 11.6 Å². The molecule has 0 saturated carbocycles. The second-order valence-corrected chi connectivity index (χ2v) is 4.50. The number of ether oxygens (including phenoxy) is 2. The Morgan fingerprint density at radius 3 is 2.68 bits per heavy atom. The molecule has 0 bridgehead atoms. The van der Waals surface area contributed by atoms with Crippen LogP contribution in [0.2, 0.25) is 0 Å². The Morgan fingerprint density at radius 1 is 1.32 bits per heavy atom. The van der Waals surface area contributed by atoms with Crippen LogP contribution in [0.1, 0.15) is 23.7 Å². The molecule has 1 aromatic rings. The number of rotatable bonds is 9. The third-order valence-electron chi connectivity index (χ3n) is 2.88. The van der Waals surface area contributed by atoms with Crippen molar-refractivity contribution in [1.29, 1.82) is 0 Å². The van der Waals surface area contributed by atoms with Crippen LogP contribution in [0, 0.1) is 11.6 Å². The molecule has 0 heterocycles. The lowest BCUT2D eigenvalue weighted by atomic mass is 10.0. The van der Waals surface area contributed by atoms with Gasteiger partial charge in [-0.25, -0.2) is 8.78 Å². The number of ketones is 1. The number of carbonyl (C=O) groups excluding carboxylic acids is 2. The number of halogens is 2. The van der Waals surface area contributed by atoms with E-state index < -0.39 is 35.0 Å². The molecule has 0 aliphatic carbocycles. The quantitative estimate of drug-likeness (QED) is 0.427. The zero-order chi connectivity index (χ0) is 16.5. The molecule has 5 nitrogen and oxygen atoms in total. The van der Waals surface area contributed by atoms with Crippen molar-refractivity contribution in [3.63, 3.8) is 0 Å². The number of benzene rings is 1. The van der Waals surface area contributed by atoms with Crippen molar-refractivity contribution >= 4 is 11.8 Å². The Bertz CT molecular complexity index is 522. The van der Waals surface area contributed by atoms with Gasteiger partial charge in [0, 0.05) is 13.7 Å². The average Bonchev–Trinajstić information content (AvgIpc) is 2.48. The average molecular weight is 315 g/mol. The van der Waals surface area contributed by atoms with E-state index in [0.29, 0.717) is 6.61 Å². The number of hydrogen-bond donors (Lipinski definition) is 1. The van der Waals surface area contributed by atoms with Crippen molar-refractivity contribution in [2.75, 3.05) is 26.9 Å². The summed E-state index contributed by atoms with van der Waals surface area (Å²) in [6.07, 6.45) is -0.271. The van der Waals surface area contributed by atoms with Gasteiger partial charge in [-0.15, -0.1) is 0 Å². The number of esters is 1. The van der Waals surface area contributed by atoms with Gasteiger partial charge in [-0.2, -0.15) is 0 Å². The maximum Gasteiger partial charge on any atom is 0.307 e. The summed E-state index contributed by atoms with van der Waals surface area (Å²) in [7, 11) is 1.48. The van der Waals surface area contributed by atoms with Crippen LogP contribution in [0.4, 0.5) is 8.78 Å². The minimum atomic E-state index is -1.01. The monoisotopic (exact) mass is 315 g/mol. The van der Waals surface area contributed by atoms with Crippen LogP contribution in [0.3, 0.4) is 0 Å². The molecule has 0 spiro atoms. The number of nitrogens with one attached hydrogen (secondary N) is 1. The first-order valence-electron chi connectivity index (χ1n) is 6.86. The van der Waals surface area contributed by atoms with Crippen LogP contribution in [-0.2, 0) is 14.3 Å².